The van der Waals surface area contributed by atoms with Crippen LogP contribution in [-0.2, 0) is 6.54 Å². The second kappa shape index (κ2) is 7.37. The average molecular weight is 343 g/mol. The third kappa shape index (κ3) is 3.80. The summed E-state index contributed by atoms with van der Waals surface area (Å²) in [6.07, 6.45) is 0. The average Bonchev–Trinajstić information content (AvgIpc) is 2.59. The van der Waals surface area contributed by atoms with Gasteiger partial charge < -0.3 is 4.90 Å². The Balaban J connectivity index is 1.59. The molecule has 126 valence electrons. The second-order valence-corrected chi connectivity index (χ2v) is 6.88. The number of rotatable bonds is 3. The Hall–Kier alpha value is -1.84. The number of hydrogen-bond donors (Lipinski definition) is 0. The van der Waals surface area contributed by atoms with Gasteiger partial charge in [-0.25, -0.2) is 0 Å². The first-order valence-electron chi connectivity index (χ1n) is 8.37. The number of carbonyl (C=O) groups is 1. The maximum Gasteiger partial charge on any atom is 0.254 e. The lowest BCUT2D eigenvalue weighted by atomic mass is 10.0. The number of halogens is 1. The van der Waals surface area contributed by atoms with Gasteiger partial charge in [0.15, 0.2) is 0 Å². The van der Waals surface area contributed by atoms with E-state index in [0.29, 0.717) is 0 Å². The maximum atomic E-state index is 12.8. The Kier molecular flexibility index (Phi) is 5.22. The second-order valence-electron chi connectivity index (χ2n) is 6.44. The van der Waals surface area contributed by atoms with Crippen molar-refractivity contribution in [3.8, 4) is 0 Å². The van der Waals surface area contributed by atoms with Gasteiger partial charge >= 0.3 is 0 Å². The minimum Gasteiger partial charge on any atom is -0.336 e. The molecule has 0 unspecified atom stereocenters. The molecule has 0 aromatic heterocycles. The number of piperazine rings is 1. The highest BCUT2D eigenvalue weighted by Crippen LogP contribution is 2.17. The van der Waals surface area contributed by atoms with Crippen molar-refractivity contribution < 1.29 is 4.79 Å². The van der Waals surface area contributed by atoms with Gasteiger partial charge in [-0.3, -0.25) is 9.69 Å². The fraction of sp³-hybridized carbons (Fsp3) is 0.350. The number of nitrogens with zero attached hydrogens (tertiary/aromatic N) is 2. The molecule has 1 fully saturated rings. The van der Waals surface area contributed by atoms with Crippen LogP contribution in [-0.4, -0.2) is 41.9 Å². The van der Waals surface area contributed by atoms with Crippen molar-refractivity contribution in [3.63, 3.8) is 0 Å². The number of hydrogen-bond acceptors (Lipinski definition) is 2. The maximum absolute atomic E-state index is 12.8. The standard InChI is InChI=1S/C20H23ClN2O/c1-15-4-3-5-19(16(15)2)20(24)23-12-10-22(11-13-23)14-17-6-8-18(21)9-7-17/h3-9H,10-14H2,1-2H3. The summed E-state index contributed by atoms with van der Waals surface area (Å²) in [7, 11) is 0. The van der Waals surface area contributed by atoms with Crippen LogP contribution >= 0.6 is 11.6 Å². The Bertz CT molecular complexity index is 719. The molecule has 24 heavy (non-hydrogen) atoms. The van der Waals surface area contributed by atoms with Crippen LogP contribution in [0.15, 0.2) is 42.5 Å². The third-order valence-electron chi connectivity index (χ3n) is 4.81. The van der Waals surface area contributed by atoms with E-state index in [1.54, 1.807) is 0 Å². The molecule has 0 radical (unpaired) electrons. The quantitative estimate of drug-likeness (QED) is 0.844. The molecule has 0 aliphatic carbocycles. The molecular formula is C20H23ClN2O. The molecule has 2 aromatic rings. The van der Waals surface area contributed by atoms with Crippen LogP contribution in [0.3, 0.4) is 0 Å². The molecule has 1 amide bonds. The van der Waals surface area contributed by atoms with Crippen LogP contribution in [0.2, 0.25) is 5.02 Å². The molecule has 0 atom stereocenters. The smallest absolute Gasteiger partial charge is 0.254 e. The van der Waals surface area contributed by atoms with Gasteiger partial charge in [0, 0.05) is 43.3 Å². The highest BCUT2D eigenvalue weighted by Gasteiger charge is 2.23. The molecule has 1 saturated heterocycles. The van der Waals surface area contributed by atoms with E-state index in [1.807, 2.05) is 36.1 Å². The number of amides is 1. The molecule has 1 heterocycles. The van der Waals surface area contributed by atoms with Gasteiger partial charge in [-0.1, -0.05) is 35.9 Å². The number of aryl methyl sites for hydroxylation is 1. The van der Waals surface area contributed by atoms with Crippen molar-refractivity contribution in [2.75, 3.05) is 26.2 Å². The predicted molar refractivity (Wildman–Crippen MR) is 98.5 cm³/mol. The van der Waals surface area contributed by atoms with Crippen molar-refractivity contribution in [3.05, 3.63) is 69.7 Å². The third-order valence-corrected chi connectivity index (χ3v) is 5.07. The summed E-state index contributed by atoms with van der Waals surface area (Å²) in [4.78, 5) is 17.1. The predicted octanol–water partition coefficient (Wildman–Crippen LogP) is 3.91. The van der Waals surface area contributed by atoms with E-state index in [1.165, 1.54) is 11.1 Å². The molecule has 0 bridgehead atoms. The molecule has 0 spiro atoms. The number of benzene rings is 2. The summed E-state index contributed by atoms with van der Waals surface area (Å²) in [5.41, 5.74) is 4.35. The van der Waals surface area contributed by atoms with Crippen LogP contribution in [0, 0.1) is 13.8 Å². The van der Waals surface area contributed by atoms with Crippen LogP contribution < -0.4 is 0 Å². The Labute approximate surface area is 148 Å². The van der Waals surface area contributed by atoms with Gasteiger partial charge in [0.2, 0.25) is 0 Å². The summed E-state index contributed by atoms with van der Waals surface area (Å²) in [5, 5.41) is 0.766. The van der Waals surface area contributed by atoms with Crippen LogP contribution in [0.5, 0.6) is 0 Å². The van der Waals surface area contributed by atoms with E-state index in [9.17, 15) is 4.79 Å². The largest absolute Gasteiger partial charge is 0.336 e. The lowest BCUT2D eigenvalue weighted by Crippen LogP contribution is -2.48. The van der Waals surface area contributed by atoms with Crippen molar-refractivity contribution in [2.24, 2.45) is 0 Å². The van der Waals surface area contributed by atoms with Crippen molar-refractivity contribution >= 4 is 17.5 Å². The molecule has 0 N–H and O–H groups in total. The fourth-order valence-electron chi connectivity index (χ4n) is 3.11. The molecule has 1 aliphatic rings. The van der Waals surface area contributed by atoms with E-state index in [4.69, 9.17) is 11.6 Å². The molecule has 2 aromatic carbocycles. The molecule has 1 aliphatic heterocycles. The van der Waals surface area contributed by atoms with Crippen molar-refractivity contribution in [1.82, 2.24) is 9.80 Å². The zero-order valence-electron chi connectivity index (χ0n) is 14.3. The molecule has 4 heteroatoms. The summed E-state index contributed by atoms with van der Waals surface area (Å²) in [5.74, 6) is 0.155. The van der Waals surface area contributed by atoms with E-state index in [2.05, 4.69) is 30.0 Å². The van der Waals surface area contributed by atoms with Crippen molar-refractivity contribution in [2.45, 2.75) is 20.4 Å². The lowest BCUT2D eigenvalue weighted by molar-refractivity contribution is 0.0627. The van der Waals surface area contributed by atoms with Gasteiger partial charge in [-0.2, -0.15) is 0 Å². The topological polar surface area (TPSA) is 23.6 Å². The summed E-state index contributed by atoms with van der Waals surface area (Å²) in [6, 6.07) is 13.9. The fourth-order valence-corrected chi connectivity index (χ4v) is 3.24. The lowest BCUT2D eigenvalue weighted by Gasteiger charge is -2.35. The summed E-state index contributed by atoms with van der Waals surface area (Å²) in [6.45, 7) is 8.34. The minimum atomic E-state index is 0.155. The SMILES string of the molecule is Cc1cccc(C(=O)N2CCN(Cc3ccc(Cl)cc3)CC2)c1C. The summed E-state index contributed by atoms with van der Waals surface area (Å²) < 4.78 is 0. The van der Waals surface area contributed by atoms with Gasteiger partial charge in [-0.15, -0.1) is 0 Å². The first-order valence-corrected chi connectivity index (χ1v) is 8.74. The van der Waals surface area contributed by atoms with E-state index in [-0.39, 0.29) is 5.91 Å². The summed E-state index contributed by atoms with van der Waals surface area (Å²) >= 11 is 5.93. The van der Waals surface area contributed by atoms with E-state index < -0.39 is 0 Å². The Morgan fingerprint density at radius 3 is 2.33 bits per heavy atom. The zero-order chi connectivity index (χ0) is 17.1. The molecule has 3 nitrogen and oxygen atoms in total. The van der Waals surface area contributed by atoms with Crippen LogP contribution in [0.4, 0.5) is 0 Å². The highest BCUT2D eigenvalue weighted by atomic mass is 35.5. The monoisotopic (exact) mass is 342 g/mol. The van der Waals surface area contributed by atoms with Crippen LogP contribution in [0.1, 0.15) is 27.0 Å². The van der Waals surface area contributed by atoms with Gasteiger partial charge in [-0.05, 0) is 48.7 Å². The van der Waals surface area contributed by atoms with Gasteiger partial charge in [0.25, 0.3) is 5.91 Å². The molecule has 0 saturated carbocycles. The number of carbonyl (C=O) groups excluding carboxylic acids is 1. The molecule has 3 rings (SSSR count). The van der Waals surface area contributed by atoms with Gasteiger partial charge in [0.05, 0.1) is 0 Å². The zero-order valence-corrected chi connectivity index (χ0v) is 15.0. The first kappa shape index (κ1) is 17.0. The Morgan fingerprint density at radius 1 is 1.00 bits per heavy atom. The minimum absolute atomic E-state index is 0.155. The van der Waals surface area contributed by atoms with Gasteiger partial charge in [0.1, 0.15) is 0 Å². The first-order chi connectivity index (χ1) is 11.5. The highest BCUT2D eigenvalue weighted by molar-refractivity contribution is 6.30. The van der Waals surface area contributed by atoms with Crippen molar-refractivity contribution in [1.29, 1.82) is 0 Å². The Morgan fingerprint density at radius 2 is 1.67 bits per heavy atom. The molecular weight excluding hydrogens is 320 g/mol. The van der Waals surface area contributed by atoms with E-state index in [0.717, 1.165) is 48.9 Å². The normalized spacial score (nSPS) is 15.5. The van der Waals surface area contributed by atoms with E-state index >= 15 is 0 Å². The van der Waals surface area contributed by atoms with Crippen LogP contribution in [0.25, 0.3) is 0 Å².